The second-order valence-electron chi connectivity index (χ2n) is 4.06. The second-order valence-corrected chi connectivity index (χ2v) is 4.06. The lowest BCUT2D eigenvalue weighted by Crippen LogP contribution is -2.55. The Balaban J connectivity index is 2.12. The first-order valence-corrected chi connectivity index (χ1v) is 4.79. The third kappa shape index (κ3) is 1.61. The van der Waals surface area contributed by atoms with E-state index in [1.54, 1.807) is 6.26 Å². The molecule has 1 heterocycles. The van der Waals surface area contributed by atoms with Gasteiger partial charge < -0.3 is 15.3 Å². The summed E-state index contributed by atoms with van der Waals surface area (Å²) in [5.41, 5.74) is 6.82. The lowest BCUT2D eigenvalue weighted by Gasteiger charge is -2.43. The van der Waals surface area contributed by atoms with E-state index >= 15 is 0 Å². The van der Waals surface area contributed by atoms with Gasteiger partial charge in [-0.3, -0.25) is 0 Å². The van der Waals surface area contributed by atoms with Gasteiger partial charge in [0.25, 0.3) is 0 Å². The molecule has 0 spiro atoms. The Hall–Kier alpha value is -1.06. The molecule has 0 bridgehead atoms. The van der Waals surface area contributed by atoms with E-state index in [2.05, 4.69) is 0 Å². The van der Waals surface area contributed by atoms with E-state index in [1.165, 1.54) is 0 Å². The number of rotatable bonds is 2. The number of furan rings is 1. The molecule has 0 amide bonds. The van der Waals surface area contributed by atoms with Crippen molar-refractivity contribution >= 4 is 6.08 Å². The van der Waals surface area contributed by atoms with Gasteiger partial charge in [-0.1, -0.05) is 0 Å². The van der Waals surface area contributed by atoms with Gasteiger partial charge in [-0.15, -0.1) is 0 Å². The molecule has 3 nitrogen and oxygen atoms in total. The van der Waals surface area contributed by atoms with Crippen LogP contribution in [0.3, 0.4) is 0 Å². The van der Waals surface area contributed by atoms with Crippen molar-refractivity contribution in [1.82, 2.24) is 0 Å². The van der Waals surface area contributed by atoms with Crippen molar-refractivity contribution in [2.24, 2.45) is 5.73 Å². The van der Waals surface area contributed by atoms with Crippen LogP contribution in [0.5, 0.6) is 0 Å². The lowest BCUT2D eigenvalue weighted by molar-refractivity contribution is 0.0408. The number of nitrogens with two attached hydrogens (primary N) is 1. The van der Waals surface area contributed by atoms with Crippen molar-refractivity contribution in [3.63, 3.8) is 0 Å². The number of hydrogen-bond donors (Lipinski definition) is 2. The van der Waals surface area contributed by atoms with Gasteiger partial charge in [0.15, 0.2) is 0 Å². The van der Waals surface area contributed by atoms with Gasteiger partial charge >= 0.3 is 0 Å². The van der Waals surface area contributed by atoms with E-state index in [-0.39, 0.29) is 11.6 Å². The van der Waals surface area contributed by atoms with Crippen LogP contribution in [0.1, 0.15) is 25.5 Å². The molecule has 1 saturated carbocycles. The lowest BCUT2D eigenvalue weighted by atomic mass is 9.70. The molecule has 14 heavy (non-hydrogen) atoms. The van der Waals surface area contributed by atoms with Crippen molar-refractivity contribution < 1.29 is 9.52 Å². The first-order valence-electron chi connectivity index (χ1n) is 4.79. The highest BCUT2D eigenvalue weighted by molar-refractivity contribution is 5.51. The predicted octanol–water partition coefficient (Wildman–Crippen LogP) is 1.54. The van der Waals surface area contributed by atoms with E-state index in [1.807, 2.05) is 25.1 Å². The molecular weight excluding hydrogens is 178 g/mol. The Bertz CT molecular complexity index is 334. The topological polar surface area (TPSA) is 59.4 Å². The Morgan fingerprint density at radius 2 is 2.43 bits per heavy atom. The number of hydrogen-bond acceptors (Lipinski definition) is 3. The SMILES string of the molecule is C/C(=C/c1ccco1)C1(N)CC(O)C1. The Labute approximate surface area is 83.2 Å². The molecule has 0 unspecified atom stereocenters. The van der Waals surface area contributed by atoms with Crippen LogP contribution in [0.4, 0.5) is 0 Å². The van der Waals surface area contributed by atoms with Gasteiger partial charge in [0.2, 0.25) is 0 Å². The van der Waals surface area contributed by atoms with E-state index in [9.17, 15) is 5.11 Å². The summed E-state index contributed by atoms with van der Waals surface area (Å²) in [6, 6.07) is 3.74. The molecule has 1 aliphatic rings. The fourth-order valence-electron chi connectivity index (χ4n) is 1.83. The van der Waals surface area contributed by atoms with Crippen LogP contribution in [0.25, 0.3) is 6.08 Å². The molecule has 1 fully saturated rings. The molecule has 2 rings (SSSR count). The third-order valence-electron chi connectivity index (χ3n) is 2.89. The standard InChI is InChI=1S/C11H15NO2/c1-8(5-10-3-2-4-14-10)11(12)6-9(13)7-11/h2-5,9,13H,6-7,12H2,1H3/b8-5-. The van der Waals surface area contributed by atoms with Crippen LogP contribution in [0.15, 0.2) is 28.4 Å². The van der Waals surface area contributed by atoms with Crippen LogP contribution in [0, 0.1) is 0 Å². The molecule has 1 aliphatic carbocycles. The van der Waals surface area contributed by atoms with Crippen molar-refractivity contribution in [3.05, 3.63) is 29.7 Å². The Morgan fingerprint density at radius 3 is 2.93 bits per heavy atom. The van der Waals surface area contributed by atoms with E-state index in [0.717, 1.165) is 11.3 Å². The predicted molar refractivity (Wildman–Crippen MR) is 54.5 cm³/mol. The van der Waals surface area contributed by atoms with Crippen LogP contribution >= 0.6 is 0 Å². The minimum absolute atomic E-state index is 0.236. The third-order valence-corrected chi connectivity index (χ3v) is 2.89. The van der Waals surface area contributed by atoms with Crippen LogP contribution in [0.2, 0.25) is 0 Å². The maximum Gasteiger partial charge on any atom is 0.126 e. The molecule has 1 aromatic rings. The average Bonchev–Trinajstić information content (AvgIpc) is 2.54. The molecule has 0 radical (unpaired) electrons. The van der Waals surface area contributed by atoms with E-state index in [0.29, 0.717) is 12.8 Å². The van der Waals surface area contributed by atoms with Gasteiger partial charge in [0, 0.05) is 5.54 Å². The summed E-state index contributed by atoms with van der Waals surface area (Å²) in [5.74, 6) is 0.814. The molecule has 76 valence electrons. The van der Waals surface area contributed by atoms with Crippen molar-refractivity contribution in [2.45, 2.75) is 31.4 Å². The monoisotopic (exact) mass is 193 g/mol. The first-order chi connectivity index (χ1) is 6.60. The van der Waals surface area contributed by atoms with Crippen molar-refractivity contribution in [2.75, 3.05) is 0 Å². The average molecular weight is 193 g/mol. The van der Waals surface area contributed by atoms with E-state index < -0.39 is 0 Å². The van der Waals surface area contributed by atoms with Gasteiger partial charge in [-0.25, -0.2) is 0 Å². The van der Waals surface area contributed by atoms with Crippen molar-refractivity contribution in [3.8, 4) is 0 Å². The van der Waals surface area contributed by atoms with Crippen LogP contribution in [-0.2, 0) is 0 Å². The zero-order chi connectivity index (χ0) is 10.2. The molecule has 0 aromatic carbocycles. The largest absolute Gasteiger partial charge is 0.465 e. The highest BCUT2D eigenvalue weighted by atomic mass is 16.3. The zero-order valence-corrected chi connectivity index (χ0v) is 8.23. The van der Waals surface area contributed by atoms with Crippen LogP contribution in [-0.4, -0.2) is 16.7 Å². The molecule has 3 N–H and O–H groups in total. The van der Waals surface area contributed by atoms with Crippen molar-refractivity contribution in [1.29, 1.82) is 0 Å². The minimum Gasteiger partial charge on any atom is -0.465 e. The van der Waals surface area contributed by atoms with Gasteiger partial charge in [0.05, 0.1) is 12.4 Å². The van der Waals surface area contributed by atoms with Gasteiger partial charge in [-0.05, 0) is 43.5 Å². The highest BCUT2D eigenvalue weighted by Crippen LogP contribution is 2.36. The molecule has 0 atom stereocenters. The summed E-state index contributed by atoms with van der Waals surface area (Å²) in [5, 5.41) is 9.23. The normalized spacial score (nSPS) is 32.8. The number of aliphatic hydroxyl groups is 1. The Morgan fingerprint density at radius 1 is 1.71 bits per heavy atom. The molecule has 0 aliphatic heterocycles. The molecule has 0 saturated heterocycles. The van der Waals surface area contributed by atoms with Gasteiger partial charge in [-0.2, -0.15) is 0 Å². The van der Waals surface area contributed by atoms with E-state index in [4.69, 9.17) is 10.2 Å². The highest BCUT2D eigenvalue weighted by Gasteiger charge is 2.41. The summed E-state index contributed by atoms with van der Waals surface area (Å²) >= 11 is 0. The molecule has 3 heteroatoms. The molecular formula is C11H15NO2. The zero-order valence-electron chi connectivity index (χ0n) is 8.23. The Kier molecular flexibility index (Phi) is 2.21. The summed E-state index contributed by atoms with van der Waals surface area (Å²) in [6.07, 6.45) is 4.63. The second kappa shape index (κ2) is 3.26. The fraction of sp³-hybridized carbons (Fsp3) is 0.455. The fourth-order valence-corrected chi connectivity index (χ4v) is 1.83. The summed E-state index contributed by atoms with van der Waals surface area (Å²) < 4.78 is 5.20. The quantitative estimate of drug-likeness (QED) is 0.749. The summed E-state index contributed by atoms with van der Waals surface area (Å²) in [7, 11) is 0. The first kappa shape index (κ1) is 9.49. The minimum atomic E-state index is -0.327. The smallest absolute Gasteiger partial charge is 0.126 e. The van der Waals surface area contributed by atoms with Crippen LogP contribution < -0.4 is 5.73 Å². The molecule has 1 aromatic heterocycles. The maximum absolute atomic E-state index is 9.23. The number of aliphatic hydroxyl groups excluding tert-OH is 1. The summed E-state index contributed by atoms with van der Waals surface area (Å²) in [6.45, 7) is 1.98. The van der Waals surface area contributed by atoms with Gasteiger partial charge in [0.1, 0.15) is 5.76 Å². The summed E-state index contributed by atoms with van der Waals surface area (Å²) in [4.78, 5) is 0. The maximum atomic E-state index is 9.23.